The van der Waals surface area contributed by atoms with Gasteiger partial charge in [-0.3, -0.25) is 9.59 Å². The van der Waals surface area contributed by atoms with Gasteiger partial charge >= 0.3 is 12.1 Å². The molecule has 0 spiro atoms. The molecule has 0 saturated carbocycles. The van der Waals surface area contributed by atoms with Crippen molar-refractivity contribution >= 4 is 17.8 Å². The third kappa shape index (κ3) is 9.14. The standard InChI is InChI=1S/C36H66N4O9/c1-15-27-36(9)30(37-34(44)49-36)24(7)40(13)18-21(4)17-35(8,45-14)31(22(5)28(41)23(6)32(43)47-27)48-33-29(42)26(38(10)11)16-25(46-33)19-39(12)20(2)3/h20-27,29-31,33,42H,15-19H2,1-14H3,(H,37,44)/t21-,22+,23?,24-,25?,26?,27-,29?,30-,31-,33?,35-,36-/m1/s1. The van der Waals surface area contributed by atoms with Gasteiger partial charge in [0, 0.05) is 44.2 Å². The highest BCUT2D eigenvalue weighted by Crippen LogP contribution is 2.38. The molecule has 13 atom stereocenters. The van der Waals surface area contributed by atoms with E-state index in [-0.39, 0.29) is 29.9 Å². The lowest BCUT2D eigenvalue weighted by Gasteiger charge is -2.47. The molecule has 3 fully saturated rings. The number of rotatable bonds is 8. The van der Waals surface area contributed by atoms with E-state index in [4.69, 9.17) is 23.7 Å². The first-order valence-corrected chi connectivity index (χ1v) is 18.0. The average Bonchev–Trinajstić information content (AvgIpc) is 3.34. The van der Waals surface area contributed by atoms with E-state index < -0.39 is 65.7 Å². The largest absolute Gasteiger partial charge is 0.458 e. The van der Waals surface area contributed by atoms with Gasteiger partial charge in [0.25, 0.3) is 0 Å². The van der Waals surface area contributed by atoms with Crippen LogP contribution in [0.5, 0.6) is 0 Å². The molecule has 0 bridgehead atoms. The fourth-order valence-corrected chi connectivity index (χ4v) is 8.05. The van der Waals surface area contributed by atoms with Crippen LogP contribution < -0.4 is 5.32 Å². The highest BCUT2D eigenvalue weighted by Gasteiger charge is 2.56. The molecule has 0 aromatic heterocycles. The molecule has 0 radical (unpaired) electrons. The molecule has 284 valence electrons. The highest BCUT2D eigenvalue weighted by molar-refractivity contribution is 6.00. The van der Waals surface area contributed by atoms with Gasteiger partial charge in [0.2, 0.25) is 0 Å². The first-order chi connectivity index (χ1) is 22.7. The number of nitrogens with one attached hydrogen (secondary N) is 1. The van der Waals surface area contributed by atoms with Gasteiger partial charge in [0.15, 0.2) is 17.7 Å². The van der Waals surface area contributed by atoms with Crippen molar-refractivity contribution < 1.29 is 43.2 Å². The van der Waals surface area contributed by atoms with Crippen LogP contribution in [-0.4, -0.2) is 152 Å². The van der Waals surface area contributed by atoms with Crippen molar-refractivity contribution in [2.24, 2.45) is 17.8 Å². The number of ketones is 1. The minimum absolute atomic E-state index is 0.0386. The smallest absolute Gasteiger partial charge is 0.408 e. The molecule has 1 amide bonds. The number of Topliss-reactive ketones (excluding diaryl/α,β-unsaturated/α-hetero) is 1. The number of aliphatic hydroxyl groups excluding tert-OH is 1. The van der Waals surface area contributed by atoms with E-state index in [1.165, 1.54) is 6.92 Å². The number of carbonyl (C=O) groups excluding carboxylic acids is 3. The zero-order valence-electron chi connectivity index (χ0n) is 32.5. The Labute approximate surface area is 294 Å². The molecule has 3 rings (SSSR count). The molecule has 13 nitrogen and oxygen atoms in total. The summed E-state index contributed by atoms with van der Waals surface area (Å²) in [5.74, 6) is -3.04. The second-order valence-corrected chi connectivity index (χ2v) is 15.9. The molecule has 0 aliphatic carbocycles. The molecule has 13 heteroatoms. The first kappa shape index (κ1) is 41.5. The molecule has 5 unspecified atom stereocenters. The lowest BCUT2D eigenvalue weighted by Crippen LogP contribution is -2.60. The highest BCUT2D eigenvalue weighted by atomic mass is 16.7. The minimum Gasteiger partial charge on any atom is -0.458 e. The van der Waals surface area contributed by atoms with E-state index in [2.05, 4.69) is 35.9 Å². The fourth-order valence-electron chi connectivity index (χ4n) is 8.05. The maximum absolute atomic E-state index is 14.3. The van der Waals surface area contributed by atoms with Crippen LogP contribution in [-0.2, 0) is 33.3 Å². The number of ether oxygens (including phenoxy) is 5. The van der Waals surface area contributed by atoms with E-state index in [0.29, 0.717) is 38.4 Å². The Morgan fingerprint density at radius 1 is 1.10 bits per heavy atom. The van der Waals surface area contributed by atoms with Crippen LogP contribution in [0.25, 0.3) is 0 Å². The van der Waals surface area contributed by atoms with E-state index >= 15 is 0 Å². The van der Waals surface area contributed by atoms with Crippen LogP contribution in [0.2, 0.25) is 0 Å². The number of hydrogen-bond donors (Lipinski definition) is 2. The second-order valence-electron chi connectivity index (χ2n) is 15.9. The van der Waals surface area contributed by atoms with Crippen molar-refractivity contribution in [2.75, 3.05) is 48.4 Å². The lowest BCUT2D eigenvalue weighted by molar-refractivity contribution is -0.299. The van der Waals surface area contributed by atoms with Crippen LogP contribution >= 0.6 is 0 Å². The summed E-state index contributed by atoms with van der Waals surface area (Å²) < 4.78 is 31.4. The molecule has 3 heterocycles. The maximum atomic E-state index is 14.3. The van der Waals surface area contributed by atoms with Crippen molar-refractivity contribution in [3.63, 3.8) is 0 Å². The van der Waals surface area contributed by atoms with Gasteiger partial charge in [-0.2, -0.15) is 0 Å². The van der Waals surface area contributed by atoms with Crippen molar-refractivity contribution in [1.29, 1.82) is 0 Å². The summed E-state index contributed by atoms with van der Waals surface area (Å²) in [6.07, 6.45) is -3.05. The molecule has 49 heavy (non-hydrogen) atoms. The molecule has 3 saturated heterocycles. The molecular weight excluding hydrogens is 632 g/mol. The maximum Gasteiger partial charge on any atom is 0.408 e. The average molecular weight is 699 g/mol. The predicted octanol–water partition coefficient (Wildman–Crippen LogP) is 2.91. The molecular formula is C36H66N4O9. The molecule has 3 aliphatic rings. The topological polar surface area (TPSA) is 139 Å². The Hall–Kier alpha value is -1.87. The monoisotopic (exact) mass is 698 g/mol. The number of likely N-dealkylation sites (N-methyl/N-ethyl adjacent to an activating group) is 3. The van der Waals surface area contributed by atoms with E-state index in [0.717, 1.165) is 0 Å². The Morgan fingerprint density at radius 3 is 2.29 bits per heavy atom. The summed E-state index contributed by atoms with van der Waals surface area (Å²) in [6, 6.07) is -0.618. The fraction of sp³-hybridized carbons (Fsp3) is 0.917. The van der Waals surface area contributed by atoms with Crippen LogP contribution in [0.3, 0.4) is 0 Å². The summed E-state index contributed by atoms with van der Waals surface area (Å²) in [7, 11) is 9.48. The number of fused-ring (bicyclic) bond motifs is 1. The number of nitrogens with zero attached hydrogens (tertiary/aromatic N) is 3. The van der Waals surface area contributed by atoms with Crippen molar-refractivity contribution in [1.82, 2.24) is 20.0 Å². The normalized spacial score (nSPS) is 42.0. The predicted molar refractivity (Wildman–Crippen MR) is 186 cm³/mol. The van der Waals surface area contributed by atoms with Crippen LogP contribution in [0, 0.1) is 17.8 Å². The van der Waals surface area contributed by atoms with E-state index in [1.807, 2.05) is 53.9 Å². The summed E-state index contributed by atoms with van der Waals surface area (Å²) in [5.41, 5.74) is -2.18. The number of aliphatic hydroxyl groups is 1. The number of amides is 1. The van der Waals surface area contributed by atoms with Gasteiger partial charge in [-0.1, -0.05) is 20.8 Å². The second kappa shape index (κ2) is 16.6. The number of carbonyl (C=O) groups is 3. The number of cyclic esters (lactones) is 1. The summed E-state index contributed by atoms with van der Waals surface area (Å²) >= 11 is 0. The van der Waals surface area contributed by atoms with Crippen LogP contribution in [0.4, 0.5) is 4.79 Å². The first-order valence-electron chi connectivity index (χ1n) is 18.0. The Bertz CT molecular complexity index is 1140. The zero-order valence-corrected chi connectivity index (χ0v) is 32.5. The zero-order chi connectivity index (χ0) is 37.2. The van der Waals surface area contributed by atoms with Crippen molar-refractivity contribution in [3.05, 3.63) is 0 Å². The van der Waals surface area contributed by atoms with Gasteiger partial charge < -0.3 is 48.8 Å². The Morgan fingerprint density at radius 2 is 1.73 bits per heavy atom. The Balaban J connectivity index is 2.06. The Kier molecular flexibility index (Phi) is 14.1. The van der Waals surface area contributed by atoms with E-state index in [9.17, 15) is 19.5 Å². The SMILES string of the molecule is CC[C@H]1OC(=O)C(C)C(=O)[C@H](C)[C@@H](OC2OC(CN(C)C(C)C)CC(N(C)C)C2O)[C@](C)(OC)C[C@@H](C)CN(C)[C@H](C)[C@H]2NC(=O)O[C@@]21C. The number of hydrogen-bond acceptors (Lipinski definition) is 12. The van der Waals surface area contributed by atoms with Gasteiger partial charge in [0.1, 0.15) is 18.1 Å². The number of esters is 1. The van der Waals surface area contributed by atoms with E-state index in [1.54, 1.807) is 21.0 Å². The molecule has 3 aliphatic heterocycles. The van der Waals surface area contributed by atoms with Crippen LogP contribution in [0.15, 0.2) is 0 Å². The summed E-state index contributed by atoms with van der Waals surface area (Å²) in [6.45, 7) is 18.5. The molecule has 2 N–H and O–H groups in total. The third-order valence-corrected chi connectivity index (χ3v) is 11.6. The van der Waals surface area contributed by atoms with Gasteiger partial charge in [-0.05, 0) is 94.9 Å². The molecule has 0 aromatic rings. The van der Waals surface area contributed by atoms with Gasteiger partial charge in [0.05, 0.1) is 23.9 Å². The van der Waals surface area contributed by atoms with Crippen LogP contribution in [0.1, 0.15) is 81.6 Å². The number of alkyl carbamates (subject to hydrolysis) is 1. The third-order valence-electron chi connectivity index (χ3n) is 11.6. The lowest BCUT2D eigenvalue weighted by atomic mass is 9.78. The summed E-state index contributed by atoms with van der Waals surface area (Å²) in [5, 5.41) is 14.6. The van der Waals surface area contributed by atoms with Crippen molar-refractivity contribution in [2.45, 2.75) is 148 Å². The quantitative estimate of drug-likeness (QED) is 0.285. The summed E-state index contributed by atoms with van der Waals surface area (Å²) in [4.78, 5) is 46.9. The molecule has 0 aromatic carbocycles. The number of methoxy groups -OCH3 is 1. The van der Waals surface area contributed by atoms with Gasteiger partial charge in [-0.15, -0.1) is 0 Å². The van der Waals surface area contributed by atoms with Crippen molar-refractivity contribution in [3.8, 4) is 0 Å². The minimum atomic E-state index is -1.16. The van der Waals surface area contributed by atoms with Gasteiger partial charge in [-0.25, -0.2) is 4.79 Å².